The molecular weight excluding hydrogens is 567 g/mol. The molecule has 0 bridgehead atoms. The van der Waals surface area contributed by atoms with Crippen LogP contribution in [0.3, 0.4) is 0 Å². The highest BCUT2D eigenvalue weighted by atomic mass is 79.9. The van der Waals surface area contributed by atoms with Crippen molar-refractivity contribution in [2.24, 2.45) is 0 Å². The van der Waals surface area contributed by atoms with Crippen LogP contribution in [0.5, 0.6) is 23.0 Å². The summed E-state index contributed by atoms with van der Waals surface area (Å²) in [7, 11) is 0. The van der Waals surface area contributed by atoms with Crippen LogP contribution in [-0.4, -0.2) is 0 Å². The predicted molar refractivity (Wildman–Crippen MR) is 93.9 cm³/mol. The quantitative estimate of drug-likeness (QED) is 0.256. The van der Waals surface area contributed by atoms with Gasteiger partial charge in [0, 0.05) is 8.95 Å². The first kappa shape index (κ1) is 15.4. The van der Waals surface area contributed by atoms with E-state index in [9.17, 15) is 0 Å². The number of fused-ring (bicyclic) bond motifs is 2. The van der Waals surface area contributed by atoms with Gasteiger partial charge < -0.3 is 9.47 Å². The number of hydrogen-bond acceptors (Lipinski definition) is 2. The molecule has 2 nitrogen and oxygen atoms in total. The first-order chi connectivity index (χ1) is 9.40. The summed E-state index contributed by atoms with van der Waals surface area (Å²) >= 11 is 26.1. The number of rotatable bonds is 0. The molecule has 0 unspecified atom stereocenters. The van der Waals surface area contributed by atoms with Gasteiger partial charge in [0.2, 0.25) is 0 Å². The zero-order valence-electron chi connectivity index (χ0n) is 9.24. The van der Waals surface area contributed by atoms with Crippen molar-refractivity contribution < 1.29 is 9.47 Å². The molecule has 0 saturated carbocycles. The van der Waals surface area contributed by atoms with E-state index < -0.39 is 0 Å². The van der Waals surface area contributed by atoms with Gasteiger partial charge in [0.1, 0.15) is 0 Å². The Morgan fingerprint density at radius 3 is 1.35 bits per heavy atom. The lowest BCUT2D eigenvalue weighted by Crippen LogP contribution is -2.02. The Morgan fingerprint density at radius 2 is 1.00 bits per heavy atom. The molecule has 1 aliphatic heterocycles. The van der Waals surface area contributed by atoms with E-state index in [4.69, 9.17) is 32.7 Å². The molecule has 104 valence electrons. The number of halogens is 6. The van der Waals surface area contributed by atoms with E-state index in [1.807, 2.05) is 0 Å². The maximum atomic E-state index is 6.20. The minimum Gasteiger partial charge on any atom is -0.447 e. The van der Waals surface area contributed by atoms with Gasteiger partial charge in [0.05, 0.1) is 19.0 Å². The molecule has 0 N–H and O–H groups in total. The molecular formula is C12H2Br4Cl2O2. The highest BCUT2D eigenvalue weighted by molar-refractivity contribution is 9.13. The normalized spacial score (nSPS) is 12.3. The summed E-state index contributed by atoms with van der Waals surface area (Å²) in [5, 5.41) is 0.868. The molecule has 3 rings (SSSR count). The summed E-state index contributed by atoms with van der Waals surface area (Å²) in [6, 6.07) is 3.46. The maximum absolute atomic E-state index is 6.20. The third-order valence-electron chi connectivity index (χ3n) is 2.58. The van der Waals surface area contributed by atoms with Gasteiger partial charge >= 0.3 is 0 Å². The van der Waals surface area contributed by atoms with Crippen molar-refractivity contribution in [3.05, 3.63) is 40.1 Å². The van der Waals surface area contributed by atoms with Crippen molar-refractivity contribution in [3.8, 4) is 23.0 Å². The fourth-order valence-electron chi connectivity index (χ4n) is 1.69. The number of benzene rings is 2. The summed E-state index contributed by atoms with van der Waals surface area (Å²) in [6.45, 7) is 0. The number of ether oxygens (including phenoxy) is 2. The largest absolute Gasteiger partial charge is 0.447 e. The van der Waals surface area contributed by atoms with Gasteiger partial charge in [-0.1, -0.05) is 23.2 Å². The van der Waals surface area contributed by atoms with Gasteiger partial charge in [-0.2, -0.15) is 0 Å². The first-order valence-corrected chi connectivity index (χ1v) is 9.03. The second kappa shape index (κ2) is 5.63. The summed E-state index contributed by atoms with van der Waals surface area (Å²) in [6.07, 6.45) is 0. The van der Waals surface area contributed by atoms with Crippen LogP contribution in [0.1, 0.15) is 0 Å². The highest BCUT2D eigenvalue weighted by Crippen LogP contribution is 2.58. The standard InChI is InChI=1S/C12H2Br4Cl2O2/c13-3-1-5(17)9-11(7(3)15)20-10-6(18)2-4(14)8(16)12(10)19-9/h1-2H. The average Bonchev–Trinajstić information content (AvgIpc) is 2.41. The predicted octanol–water partition coefficient (Wildman–Crippen LogP) is 7.94. The van der Waals surface area contributed by atoms with Crippen LogP contribution in [0.25, 0.3) is 0 Å². The summed E-state index contributed by atoms with van der Waals surface area (Å²) in [5.74, 6) is 1.83. The third kappa shape index (κ3) is 2.42. The van der Waals surface area contributed by atoms with Gasteiger partial charge in [-0.3, -0.25) is 0 Å². The topological polar surface area (TPSA) is 18.5 Å². The van der Waals surface area contributed by atoms with E-state index in [1.54, 1.807) is 12.1 Å². The molecule has 0 aliphatic carbocycles. The Labute approximate surface area is 158 Å². The molecule has 2 aromatic rings. The molecule has 20 heavy (non-hydrogen) atoms. The molecule has 0 aromatic heterocycles. The van der Waals surface area contributed by atoms with Crippen LogP contribution in [-0.2, 0) is 0 Å². The Bertz CT molecular complexity index is 686. The second-order valence-electron chi connectivity index (χ2n) is 3.83. The molecule has 2 aromatic carbocycles. The van der Waals surface area contributed by atoms with Crippen LogP contribution in [0.15, 0.2) is 30.0 Å². The van der Waals surface area contributed by atoms with E-state index in [0.717, 1.165) is 8.95 Å². The molecule has 0 amide bonds. The van der Waals surface area contributed by atoms with Crippen molar-refractivity contribution in [3.63, 3.8) is 0 Å². The number of hydrogen-bond donors (Lipinski definition) is 0. The van der Waals surface area contributed by atoms with E-state index >= 15 is 0 Å². The van der Waals surface area contributed by atoms with Crippen LogP contribution in [0.2, 0.25) is 10.0 Å². The van der Waals surface area contributed by atoms with Gasteiger partial charge in [-0.05, 0) is 75.9 Å². The highest BCUT2D eigenvalue weighted by Gasteiger charge is 2.29. The first-order valence-electron chi connectivity index (χ1n) is 5.11. The molecule has 8 heteroatoms. The van der Waals surface area contributed by atoms with Crippen LogP contribution >= 0.6 is 86.9 Å². The summed E-state index contributed by atoms with van der Waals surface area (Å²) < 4.78 is 14.7. The zero-order valence-corrected chi connectivity index (χ0v) is 17.1. The van der Waals surface area contributed by atoms with Crippen molar-refractivity contribution >= 4 is 86.9 Å². The smallest absolute Gasteiger partial charge is 0.190 e. The minimum absolute atomic E-state index is 0.434. The lowest BCUT2D eigenvalue weighted by atomic mass is 10.2. The monoisotopic (exact) mass is 564 g/mol. The SMILES string of the molecule is Clc1cc(Br)c(Br)c2c1Oc1c(Br)c(Br)cc(Cl)c1O2. The second-order valence-corrected chi connectivity index (χ2v) is 7.94. The summed E-state index contributed by atoms with van der Waals surface area (Å²) in [5.41, 5.74) is 0. The van der Waals surface area contributed by atoms with Crippen LogP contribution < -0.4 is 9.47 Å². The molecule has 0 fully saturated rings. The van der Waals surface area contributed by atoms with E-state index in [0.29, 0.717) is 42.0 Å². The lowest BCUT2D eigenvalue weighted by molar-refractivity contribution is 0.355. The molecule has 1 aliphatic rings. The molecule has 0 saturated heterocycles. The third-order valence-corrected chi connectivity index (χ3v) is 7.03. The fraction of sp³-hybridized carbons (Fsp3) is 0. The van der Waals surface area contributed by atoms with Crippen molar-refractivity contribution in [1.82, 2.24) is 0 Å². The van der Waals surface area contributed by atoms with Crippen molar-refractivity contribution in [2.45, 2.75) is 0 Å². The van der Waals surface area contributed by atoms with Crippen molar-refractivity contribution in [2.75, 3.05) is 0 Å². The van der Waals surface area contributed by atoms with E-state index in [-0.39, 0.29) is 0 Å². The Kier molecular flexibility index (Phi) is 4.35. The van der Waals surface area contributed by atoms with E-state index in [2.05, 4.69) is 63.7 Å². The average molecular weight is 569 g/mol. The molecule has 0 radical (unpaired) electrons. The Morgan fingerprint density at radius 1 is 0.650 bits per heavy atom. The minimum atomic E-state index is 0.434. The Balaban J connectivity index is 2.27. The van der Waals surface area contributed by atoms with Gasteiger partial charge in [-0.15, -0.1) is 0 Å². The maximum Gasteiger partial charge on any atom is 0.190 e. The molecule has 0 atom stereocenters. The van der Waals surface area contributed by atoms with Gasteiger partial charge in [0.25, 0.3) is 0 Å². The van der Waals surface area contributed by atoms with Crippen LogP contribution in [0.4, 0.5) is 0 Å². The van der Waals surface area contributed by atoms with E-state index in [1.165, 1.54) is 0 Å². The van der Waals surface area contributed by atoms with Gasteiger partial charge in [-0.25, -0.2) is 0 Å². The lowest BCUT2D eigenvalue weighted by Gasteiger charge is -2.25. The molecule has 1 heterocycles. The van der Waals surface area contributed by atoms with Gasteiger partial charge in [0.15, 0.2) is 23.0 Å². The zero-order chi connectivity index (χ0) is 14.6. The van der Waals surface area contributed by atoms with Crippen LogP contribution in [0, 0.1) is 0 Å². The summed E-state index contributed by atoms with van der Waals surface area (Å²) in [4.78, 5) is 0. The Hall–Kier alpha value is 0.540. The fourth-order valence-corrected chi connectivity index (χ4v) is 3.99. The molecule has 0 spiro atoms. The van der Waals surface area contributed by atoms with Crippen molar-refractivity contribution in [1.29, 1.82) is 0 Å².